The fraction of sp³-hybridized carbons (Fsp3) is 0.833. The van der Waals surface area contributed by atoms with Gasteiger partial charge in [-0.15, -0.1) is 0 Å². The Morgan fingerprint density at radius 1 is 1.18 bits per heavy atom. The van der Waals surface area contributed by atoms with E-state index in [0.717, 1.165) is 6.42 Å². The van der Waals surface area contributed by atoms with Crippen molar-refractivity contribution in [3.05, 3.63) is 0 Å². The van der Waals surface area contributed by atoms with Gasteiger partial charge in [0.1, 0.15) is 6.04 Å². The lowest BCUT2D eigenvalue weighted by Gasteiger charge is -2.27. The summed E-state index contributed by atoms with van der Waals surface area (Å²) < 4.78 is 0. The van der Waals surface area contributed by atoms with Gasteiger partial charge in [-0.3, -0.25) is 14.5 Å². The molecule has 0 aromatic carbocycles. The normalized spacial score (nSPS) is 12.5. The van der Waals surface area contributed by atoms with Crippen LogP contribution in [0.1, 0.15) is 33.6 Å². The Labute approximate surface area is 103 Å². The van der Waals surface area contributed by atoms with Gasteiger partial charge in [0.2, 0.25) is 5.91 Å². The zero-order chi connectivity index (χ0) is 13.4. The van der Waals surface area contributed by atoms with Crippen molar-refractivity contribution in [3.8, 4) is 0 Å². The largest absolute Gasteiger partial charge is 0.480 e. The molecule has 1 atom stereocenters. The summed E-state index contributed by atoms with van der Waals surface area (Å²) in [6.07, 6.45) is 1.36. The minimum absolute atomic E-state index is 0.0140. The summed E-state index contributed by atoms with van der Waals surface area (Å²) in [6, 6.07) is -0.570. The van der Waals surface area contributed by atoms with Crippen LogP contribution in [0.2, 0.25) is 0 Å². The molecule has 0 aliphatic rings. The molecular weight excluding hydrogens is 220 g/mol. The summed E-state index contributed by atoms with van der Waals surface area (Å²) in [5.41, 5.74) is 0. The van der Waals surface area contributed by atoms with Crippen LogP contribution in [-0.2, 0) is 9.59 Å². The summed E-state index contributed by atoms with van der Waals surface area (Å²) in [5.74, 6) is -0.874. The number of hydrogen-bond acceptors (Lipinski definition) is 3. The number of aliphatic carboxylic acids is 1. The quantitative estimate of drug-likeness (QED) is 0.693. The van der Waals surface area contributed by atoms with E-state index < -0.39 is 12.0 Å². The van der Waals surface area contributed by atoms with Gasteiger partial charge < -0.3 is 10.0 Å². The molecule has 0 saturated heterocycles. The van der Waals surface area contributed by atoms with Gasteiger partial charge in [-0.2, -0.15) is 0 Å². The first kappa shape index (κ1) is 15.9. The minimum atomic E-state index is -0.860. The highest BCUT2D eigenvalue weighted by atomic mass is 16.4. The maximum absolute atomic E-state index is 11.8. The summed E-state index contributed by atoms with van der Waals surface area (Å²) in [6.45, 7) is 7.27. The summed E-state index contributed by atoms with van der Waals surface area (Å²) in [5, 5.41) is 9.07. The molecular formula is C12H24N2O3. The Morgan fingerprint density at radius 2 is 1.71 bits per heavy atom. The van der Waals surface area contributed by atoms with E-state index in [1.54, 1.807) is 16.8 Å². The van der Waals surface area contributed by atoms with Gasteiger partial charge in [-0.25, -0.2) is 0 Å². The van der Waals surface area contributed by atoms with Crippen LogP contribution < -0.4 is 0 Å². The topological polar surface area (TPSA) is 60.9 Å². The third-order valence-electron chi connectivity index (χ3n) is 2.88. The lowest BCUT2D eigenvalue weighted by Crippen LogP contribution is -2.45. The number of carbonyl (C=O) groups is 2. The first-order chi connectivity index (χ1) is 7.97. The van der Waals surface area contributed by atoms with Crippen molar-refractivity contribution >= 4 is 11.9 Å². The van der Waals surface area contributed by atoms with Gasteiger partial charge >= 0.3 is 5.97 Å². The van der Waals surface area contributed by atoms with Gasteiger partial charge in [0.15, 0.2) is 0 Å². The monoisotopic (exact) mass is 244 g/mol. The summed E-state index contributed by atoms with van der Waals surface area (Å²) in [7, 11) is 1.69. The predicted molar refractivity (Wildman–Crippen MR) is 66.9 cm³/mol. The van der Waals surface area contributed by atoms with E-state index in [9.17, 15) is 9.59 Å². The fourth-order valence-corrected chi connectivity index (χ4v) is 1.81. The van der Waals surface area contributed by atoms with Crippen LogP contribution in [0.5, 0.6) is 0 Å². The lowest BCUT2D eigenvalue weighted by molar-refractivity contribution is -0.144. The molecule has 1 unspecified atom stereocenters. The molecule has 0 aromatic heterocycles. The average molecular weight is 244 g/mol. The van der Waals surface area contributed by atoms with E-state index in [-0.39, 0.29) is 12.5 Å². The standard InChI is InChI=1S/C12H24N2O3/c1-5-8-10(12(16)17)13(4)9-11(15)14(6-2)7-3/h10H,5-9H2,1-4H3,(H,16,17). The third kappa shape index (κ3) is 5.17. The average Bonchev–Trinajstić information content (AvgIpc) is 2.26. The Balaban J connectivity index is 4.43. The maximum Gasteiger partial charge on any atom is 0.320 e. The van der Waals surface area contributed by atoms with E-state index in [0.29, 0.717) is 19.5 Å². The number of amides is 1. The Bertz CT molecular complexity index is 252. The van der Waals surface area contributed by atoms with E-state index in [2.05, 4.69) is 0 Å². The highest BCUT2D eigenvalue weighted by molar-refractivity contribution is 5.80. The van der Waals surface area contributed by atoms with E-state index >= 15 is 0 Å². The minimum Gasteiger partial charge on any atom is -0.480 e. The van der Waals surface area contributed by atoms with Crippen LogP contribution >= 0.6 is 0 Å². The molecule has 0 saturated carbocycles. The molecule has 1 N–H and O–H groups in total. The molecule has 100 valence electrons. The van der Waals surface area contributed by atoms with Crippen LogP contribution in [0.15, 0.2) is 0 Å². The number of carboxylic acid groups (broad SMARTS) is 1. The highest BCUT2D eigenvalue weighted by Gasteiger charge is 2.24. The van der Waals surface area contributed by atoms with Crippen LogP contribution in [0.25, 0.3) is 0 Å². The number of nitrogens with zero attached hydrogens (tertiary/aromatic N) is 2. The van der Waals surface area contributed by atoms with Gasteiger partial charge in [-0.1, -0.05) is 13.3 Å². The molecule has 0 aromatic rings. The smallest absolute Gasteiger partial charge is 0.320 e. The number of likely N-dealkylation sites (N-methyl/N-ethyl adjacent to an activating group) is 2. The van der Waals surface area contributed by atoms with Crippen molar-refractivity contribution in [1.82, 2.24) is 9.80 Å². The van der Waals surface area contributed by atoms with Gasteiger partial charge in [-0.05, 0) is 27.3 Å². The number of hydrogen-bond donors (Lipinski definition) is 1. The second-order valence-electron chi connectivity index (χ2n) is 4.12. The summed E-state index contributed by atoms with van der Waals surface area (Å²) in [4.78, 5) is 26.2. The zero-order valence-corrected chi connectivity index (χ0v) is 11.3. The molecule has 0 fully saturated rings. The van der Waals surface area contributed by atoms with Crippen molar-refractivity contribution in [2.45, 2.75) is 39.7 Å². The van der Waals surface area contributed by atoms with Crippen molar-refractivity contribution in [2.24, 2.45) is 0 Å². The molecule has 0 spiro atoms. The Kier molecular flexibility index (Phi) is 7.54. The molecule has 1 amide bonds. The van der Waals surface area contributed by atoms with Crippen molar-refractivity contribution < 1.29 is 14.7 Å². The molecule has 17 heavy (non-hydrogen) atoms. The molecule has 0 heterocycles. The van der Waals surface area contributed by atoms with Crippen molar-refractivity contribution in [1.29, 1.82) is 0 Å². The van der Waals surface area contributed by atoms with E-state index in [4.69, 9.17) is 5.11 Å². The number of carboxylic acids is 1. The van der Waals surface area contributed by atoms with Crippen LogP contribution in [0, 0.1) is 0 Å². The Morgan fingerprint density at radius 3 is 2.06 bits per heavy atom. The first-order valence-corrected chi connectivity index (χ1v) is 6.18. The van der Waals surface area contributed by atoms with Crippen LogP contribution in [-0.4, -0.2) is 59.5 Å². The Hall–Kier alpha value is -1.10. The van der Waals surface area contributed by atoms with Gasteiger partial charge in [0.25, 0.3) is 0 Å². The molecule has 5 nitrogen and oxygen atoms in total. The zero-order valence-electron chi connectivity index (χ0n) is 11.3. The van der Waals surface area contributed by atoms with Gasteiger partial charge in [0, 0.05) is 13.1 Å². The van der Waals surface area contributed by atoms with Crippen LogP contribution in [0.4, 0.5) is 0 Å². The second kappa shape index (κ2) is 8.06. The molecule has 0 bridgehead atoms. The third-order valence-corrected chi connectivity index (χ3v) is 2.88. The molecule has 5 heteroatoms. The van der Waals surface area contributed by atoms with E-state index in [1.165, 1.54) is 0 Å². The highest BCUT2D eigenvalue weighted by Crippen LogP contribution is 2.06. The van der Waals surface area contributed by atoms with E-state index in [1.807, 2.05) is 20.8 Å². The first-order valence-electron chi connectivity index (χ1n) is 6.18. The van der Waals surface area contributed by atoms with Crippen LogP contribution in [0.3, 0.4) is 0 Å². The molecule has 0 aliphatic heterocycles. The molecule has 0 radical (unpaired) electrons. The fourth-order valence-electron chi connectivity index (χ4n) is 1.81. The maximum atomic E-state index is 11.8. The summed E-state index contributed by atoms with van der Waals surface area (Å²) >= 11 is 0. The second-order valence-corrected chi connectivity index (χ2v) is 4.12. The SMILES string of the molecule is CCCC(C(=O)O)N(C)CC(=O)N(CC)CC. The lowest BCUT2D eigenvalue weighted by atomic mass is 10.1. The molecule has 0 aliphatic carbocycles. The van der Waals surface area contributed by atoms with Crippen molar-refractivity contribution in [2.75, 3.05) is 26.7 Å². The number of rotatable bonds is 8. The van der Waals surface area contributed by atoms with Crippen molar-refractivity contribution in [3.63, 3.8) is 0 Å². The van der Waals surface area contributed by atoms with Gasteiger partial charge in [0.05, 0.1) is 6.54 Å². The predicted octanol–water partition coefficient (Wildman–Crippen LogP) is 1.04. The number of carbonyl (C=O) groups excluding carboxylic acids is 1. The molecule has 0 rings (SSSR count).